The summed E-state index contributed by atoms with van der Waals surface area (Å²) in [6, 6.07) is 4.83. The Morgan fingerprint density at radius 3 is 2.65 bits per heavy atom. The number of pyridine rings is 1. The van der Waals surface area contributed by atoms with Crippen molar-refractivity contribution in [1.82, 2.24) is 15.6 Å². The Hall–Kier alpha value is -4.30. The Labute approximate surface area is 287 Å². The van der Waals surface area contributed by atoms with Crippen LogP contribution in [0.3, 0.4) is 0 Å². The molecule has 0 spiro atoms. The third kappa shape index (κ3) is 6.07. The van der Waals surface area contributed by atoms with Gasteiger partial charge in [0.2, 0.25) is 5.91 Å². The van der Waals surface area contributed by atoms with Crippen molar-refractivity contribution in [2.24, 2.45) is 5.73 Å². The number of fused-ring (bicyclic) bond motifs is 1. The lowest BCUT2D eigenvalue weighted by Gasteiger charge is -2.30. The van der Waals surface area contributed by atoms with Crippen LogP contribution in [0.5, 0.6) is 5.75 Å². The number of aliphatic hydroxyl groups is 1. The van der Waals surface area contributed by atoms with E-state index < -0.39 is 46.0 Å². The molecule has 1 unspecified atom stereocenters. The molecule has 1 aliphatic heterocycles. The fourth-order valence-electron chi connectivity index (χ4n) is 5.36. The number of nitrogens with two attached hydrogens (primary N) is 1. The number of benzene rings is 1. The van der Waals surface area contributed by atoms with Crippen molar-refractivity contribution in [2.75, 3.05) is 20.3 Å². The maximum Gasteiger partial charge on any atom is 0.251 e. The van der Waals surface area contributed by atoms with Crippen LogP contribution in [0.4, 0.5) is 8.78 Å². The van der Waals surface area contributed by atoms with Gasteiger partial charge in [-0.25, -0.2) is 13.8 Å². The summed E-state index contributed by atoms with van der Waals surface area (Å²) in [5.41, 5.74) is 2.80. The standard InChI is InChI=1S/C33H29Cl2F2N5O5S/c1-32(31(39)44)14-47-29-20(32)9-25(42-28(29)19-8-21(34)23(37)10-22(19)36)33(45,17-7-26(35)48-12-17)13-41-30(43)15-5-16(11-40-18-3-4-18)27(38)24(6-15)46-2/h5-12,18,38,40,45H,3-4,13-14H2,1-2H3,(H2,39,44)(H,41,43)/b16-11-,38-27?/t32-,33?/m0/s1. The highest BCUT2D eigenvalue weighted by Gasteiger charge is 2.46. The highest BCUT2D eigenvalue weighted by Crippen LogP contribution is 2.47. The molecule has 3 heterocycles. The molecule has 250 valence electrons. The fourth-order valence-corrected chi connectivity index (χ4v) is 6.48. The number of hydrogen-bond acceptors (Lipinski definition) is 9. The zero-order chi connectivity index (χ0) is 34.5. The number of ether oxygens (including phenoxy) is 2. The SMILES string of the molecule is COC1=CC(C(=O)NCC(O)(c2csc(Cl)c2)c2cc3c(c(-c4cc(Cl)c(F)cc4F)n2)OC[C@]3(C)C(N)=O)=C/C(=C/NC2CC2)C1=N. The summed E-state index contributed by atoms with van der Waals surface area (Å²) in [5.74, 6) is -3.22. The maximum atomic E-state index is 15.3. The molecule has 2 aromatic heterocycles. The Morgan fingerprint density at radius 1 is 1.25 bits per heavy atom. The summed E-state index contributed by atoms with van der Waals surface area (Å²) in [5, 5.41) is 28.0. The van der Waals surface area contributed by atoms with Gasteiger partial charge in [0.05, 0.1) is 28.7 Å². The van der Waals surface area contributed by atoms with Gasteiger partial charge in [0.1, 0.15) is 52.2 Å². The Bertz CT molecular complexity index is 1980. The molecule has 2 atom stereocenters. The highest BCUT2D eigenvalue weighted by molar-refractivity contribution is 7.14. The molecule has 3 aliphatic rings. The summed E-state index contributed by atoms with van der Waals surface area (Å²) < 4.78 is 41.0. The smallest absolute Gasteiger partial charge is 0.251 e. The van der Waals surface area contributed by atoms with Crippen molar-refractivity contribution in [2.45, 2.75) is 36.8 Å². The third-order valence-electron chi connectivity index (χ3n) is 8.52. The van der Waals surface area contributed by atoms with Crippen LogP contribution in [-0.2, 0) is 25.3 Å². The number of methoxy groups -OCH3 is 1. The van der Waals surface area contributed by atoms with E-state index in [4.69, 9.17) is 43.8 Å². The first-order valence-electron chi connectivity index (χ1n) is 14.7. The monoisotopic (exact) mass is 715 g/mol. The van der Waals surface area contributed by atoms with E-state index >= 15 is 4.39 Å². The van der Waals surface area contributed by atoms with Gasteiger partial charge >= 0.3 is 0 Å². The Balaban J connectivity index is 1.45. The number of carbonyl (C=O) groups excluding carboxylic acids is 2. The number of amides is 2. The van der Waals surface area contributed by atoms with Crippen molar-refractivity contribution >= 4 is 52.1 Å². The van der Waals surface area contributed by atoms with Gasteiger partial charge in [-0.1, -0.05) is 23.2 Å². The molecular formula is C33H29Cl2F2N5O5S. The fraction of sp³-hybridized carbons (Fsp3) is 0.273. The zero-order valence-corrected chi connectivity index (χ0v) is 27.9. The van der Waals surface area contributed by atoms with E-state index in [-0.39, 0.29) is 57.5 Å². The van der Waals surface area contributed by atoms with Crippen LogP contribution in [0.15, 0.2) is 64.9 Å². The average Bonchev–Trinajstić information content (AvgIpc) is 3.68. The lowest BCUT2D eigenvalue weighted by Crippen LogP contribution is -2.43. The molecule has 2 aliphatic carbocycles. The van der Waals surface area contributed by atoms with E-state index in [1.807, 2.05) is 0 Å². The first-order valence-corrected chi connectivity index (χ1v) is 16.3. The van der Waals surface area contributed by atoms with Gasteiger partial charge in [-0.05, 0) is 55.5 Å². The second-order valence-corrected chi connectivity index (χ2v) is 13.8. The van der Waals surface area contributed by atoms with Crippen LogP contribution >= 0.6 is 34.5 Å². The second-order valence-electron chi connectivity index (χ2n) is 11.9. The van der Waals surface area contributed by atoms with Gasteiger partial charge in [0.15, 0.2) is 0 Å². The first kappa shape index (κ1) is 33.6. The number of aromatic nitrogens is 1. The lowest BCUT2D eigenvalue weighted by atomic mass is 9.81. The van der Waals surface area contributed by atoms with Gasteiger partial charge in [0.25, 0.3) is 5.91 Å². The number of nitrogens with one attached hydrogen (secondary N) is 3. The maximum absolute atomic E-state index is 15.3. The van der Waals surface area contributed by atoms with Crippen molar-refractivity contribution in [3.05, 3.63) is 103 Å². The van der Waals surface area contributed by atoms with Gasteiger partial charge < -0.3 is 30.9 Å². The van der Waals surface area contributed by atoms with E-state index in [2.05, 4.69) is 15.6 Å². The number of halogens is 4. The molecule has 10 nitrogen and oxygen atoms in total. The van der Waals surface area contributed by atoms with E-state index in [0.29, 0.717) is 22.0 Å². The largest absolute Gasteiger partial charge is 0.494 e. The van der Waals surface area contributed by atoms with Gasteiger partial charge in [-0.2, -0.15) is 0 Å². The molecule has 15 heteroatoms. The quantitative estimate of drug-likeness (QED) is 0.185. The van der Waals surface area contributed by atoms with Crippen molar-refractivity contribution in [3.63, 3.8) is 0 Å². The van der Waals surface area contributed by atoms with Crippen LogP contribution < -0.4 is 21.1 Å². The minimum absolute atomic E-state index is 0.00234. The molecule has 1 fully saturated rings. The van der Waals surface area contributed by atoms with Crippen LogP contribution in [-0.4, -0.2) is 53.9 Å². The average molecular weight is 717 g/mol. The molecule has 1 aromatic carbocycles. The molecule has 6 N–H and O–H groups in total. The number of nitrogens with zero attached hydrogens (tertiary/aromatic N) is 1. The summed E-state index contributed by atoms with van der Waals surface area (Å²) in [6.45, 7) is 0.838. The van der Waals surface area contributed by atoms with E-state index in [0.717, 1.165) is 30.2 Å². The molecular weight excluding hydrogens is 687 g/mol. The molecule has 48 heavy (non-hydrogen) atoms. The van der Waals surface area contributed by atoms with E-state index in [1.165, 1.54) is 38.3 Å². The molecule has 0 bridgehead atoms. The molecule has 0 radical (unpaired) electrons. The number of thiophene rings is 1. The minimum Gasteiger partial charge on any atom is -0.494 e. The Morgan fingerprint density at radius 2 is 2.00 bits per heavy atom. The highest BCUT2D eigenvalue weighted by atomic mass is 35.5. The van der Waals surface area contributed by atoms with Crippen LogP contribution in [0.1, 0.15) is 36.6 Å². The Kier molecular flexibility index (Phi) is 8.83. The topological polar surface area (TPSA) is 160 Å². The van der Waals surface area contributed by atoms with Gasteiger partial charge in [-0.15, -0.1) is 11.3 Å². The predicted molar refractivity (Wildman–Crippen MR) is 177 cm³/mol. The second kappa shape index (κ2) is 12.6. The summed E-state index contributed by atoms with van der Waals surface area (Å²) >= 11 is 13.4. The predicted octanol–water partition coefficient (Wildman–Crippen LogP) is 5.01. The number of primary amides is 1. The van der Waals surface area contributed by atoms with Gasteiger partial charge in [-0.3, -0.25) is 15.0 Å². The van der Waals surface area contributed by atoms with Gasteiger partial charge in [0, 0.05) is 46.1 Å². The summed E-state index contributed by atoms with van der Waals surface area (Å²) in [6.07, 6.45) is 6.62. The number of carbonyl (C=O) groups is 2. The van der Waals surface area contributed by atoms with E-state index in [9.17, 15) is 19.1 Å². The first-order chi connectivity index (χ1) is 22.7. The van der Waals surface area contributed by atoms with Crippen molar-refractivity contribution in [1.29, 1.82) is 5.41 Å². The molecule has 3 aromatic rings. The molecule has 0 saturated heterocycles. The lowest BCUT2D eigenvalue weighted by molar-refractivity contribution is -0.123. The van der Waals surface area contributed by atoms with Crippen LogP contribution in [0, 0.1) is 17.0 Å². The molecule has 2 amide bonds. The summed E-state index contributed by atoms with van der Waals surface area (Å²) in [4.78, 5) is 30.9. The number of hydrogen-bond donors (Lipinski definition) is 5. The van der Waals surface area contributed by atoms with E-state index in [1.54, 1.807) is 11.6 Å². The van der Waals surface area contributed by atoms with Crippen LogP contribution in [0.2, 0.25) is 9.36 Å². The van der Waals surface area contributed by atoms with Crippen LogP contribution in [0.25, 0.3) is 11.3 Å². The minimum atomic E-state index is -2.12. The van der Waals surface area contributed by atoms with Crippen molar-refractivity contribution < 1.29 is 33.0 Å². The zero-order valence-electron chi connectivity index (χ0n) is 25.5. The number of rotatable bonds is 10. The summed E-state index contributed by atoms with van der Waals surface area (Å²) in [7, 11) is 1.39. The van der Waals surface area contributed by atoms with Crippen molar-refractivity contribution in [3.8, 4) is 17.0 Å². The molecule has 1 saturated carbocycles. The third-order valence-corrected chi connectivity index (χ3v) is 9.90. The molecule has 6 rings (SSSR count). The normalized spacial score (nSPS) is 20.7. The number of allylic oxidation sites excluding steroid dienone is 2.